The highest BCUT2D eigenvalue weighted by Gasteiger charge is 2.15. The summed E-state index contributed by atoms with van der Waals surface area (Å²) in [4.78, 5) is 28.4. The summed E-state index contributed by atoms with van der Waals surface area (Å²) in [6, 6.07) is 11.7. The van der Waals surface area contributed by atoms with Crippen molar-refractivity contribution < 1.29 is 23.5 Å². The van der Waals surface area contributed by atoms with Gasteiger partial charge >= 0.3 is 5.97 Å². The molecule has 0 aliphatic carbocycles. The van der Waals surface area contributed by atoms with Crippen molar-refractivity contribution in [2.75, 3.05) is 18.5 Å². The van der Waals surface area contributed by atoms with E-state index in [-0.39, 0.29) is 24.7 Å². The van der Waals surface area contributed by atoms with Crippen molar-refractivity contribution in [1.82, 2.24) is 4.98 Å². The number of aromatic nitrogens is 1. The molecule has 6 nitrogen and oxygen atoms in total. The lowest BCUT2D eigenvalue weighted by molar-refractivity contribution is -0.118. The fraction of sp³-hybridized carbons (Fsp3) is 0.150. The first kappa shape index (κ1) is 19.6. The molecule has 0 atom stereocenters. The summed E-state index contributed by atoms with van der Waals surface area (Å²) in [5.74, 6) is -1.18. The van der Waals surface area contributed by atoms with Gasteiger partial charge in [0.05, 0.1) is 12.1 Å². The van der Waals surface area contributed by atoms with Crippen LogP contribution in [0.1, 0.15) is 17.4 Å². The van der Waals surface area contributed by atoms with E-state index in [1.54, 1.807) is 25.1 Å². The minimum atomic E-state index is -0.597. The Labute approximate surface area is 165 Å². The molecule has 144 valence electrons. The van der Waals surface area contributed by atoms with E-state index in [9.17, 15) is 14.0 Å². The molecule has 8 heteroatoms. The molecule has 0 aliphatic rings. The van der Waals surface area contributed by atoms with Gasteiger partial charge in [0.1, 0.15) is 11.6 Å². The molecule has 2 aromatic carbocycles. The van der Waals surface area contributed by atoms with Gasteiger partial charge in [0, 0.05) is 22.2 Å². The molecular weight excluding hydrogens is 387 g/mol. The minimum Gasteiger partial charge on any atom is -0.483 e. The van der Waals surface area contributed by atoms with Gasteiger partial charge in [-0.1, -0.05) is 11.6 Å². The van der Waals surface area contributed by atoms with Crippen molar-refractivity contribution in [2.24, 2.45) is 0 Å². The largest absolute Gasteiger partial charge is 0.483 e. The number of amides is 1. The number of halogens is 2. The number of carbonyl (C=O) groups is 2. The highest BCUT2D eigenvalue weighted by atomic mass is 35.5. The number of carbonyl (C=O) groups excluding carboxylic acids is 2. The van der Waals surface area contributed by atoms with Gasteiger partial charge in [-0.05, 0) is 49.4 Å². The maximum atomic E-state index is 12.9. The number of esters is 1. The number of nitrogens with zero attached hydrogens (tertiary/aromatic N) is 1. The first-order valence-corrected chi connectivity index (χ1v) is 8.79. The van der Waals surface area contributed by atoms with Gasteiger partial charge in [0.15, 0.2) is 12.3 Å². The number of ether oxygens (including phenoxy) is 2. The molecule has 0 aliphatic heterocycles. The van der Waals surface area contributed by atoms with Crippen LogP contribution in [-0.2, 0) is 9.53 Å². The molecule has 0 spiro atoms. The van der Waals surface area contributed by atoms with Crippen molar-refractivity contribution in [3.8, 4) is 5.75 Å². The van der Waals surface area contributed by atoms with E-state index < -0.39 is 17.7 Å². The van der Waals surface area contributed by atoms with E-state index in [4.69, 9.17) is 21.1 Å². The predicted octanol–water partition coefficient (Wildman–Crippen LogP) is 4.22. The van der Waals surface area contributed by atoms with Crippen LogP contribution in [0.2, 0.25) is 5.02 Å². The number of anilines is 1. The monoisotopic (exact) mass is 402 g/mol. The zero-order chi connectivity index (χ0) is 20.1. The van der Waals surface area contributed by atoms with E-state index in [1.165, 1.54) is 30.3 Å². The summed E-state index contributed by atoms with van der Waals surface area (Å²) in [7, 11) is 0. The molecule has 0 unspecified atom stereocenters. The lowest BCUT2D eigenvalue weighted by Crippen LogP contribution is -2.20. The van der Waals surface area contributed by atoms with Crippen LogP contribution in [0.15, 0.2) is 48.5 Å². The van der Waals surface area contributed by atoms with E-state index in [0.717, 1.165) is 0 Å². The average molecular weight is 403 g/mol. The number of fused-ring (bicyclic) bond motifs is 1. The van der Waals surface area contributed by atoms with Crippen LogP contribution in [-0.4, -0.2) is 30.1 Å². The fourth-order valence-electron chi connectivity index (χ4n) is 2.47. The molecule has 0 saturated carbocycles. The second-order valence-corrected chi connectivity index (χ2v) is 6.17. The van der Waals surface area contributed by atoms with Gasteiger partial charge in [-0.2, -0.15) is 0 Å². The summed E-state index contributed by atoms with van der Waals surface area (Å²) in [6.07, 6.45) is 0. The first-order chi connectivity index (χ1) is 13.5. The summed E-state index contributed by atoms with van der Waals surface area (Å²) < 4.78 is 23.5. The molecule has 3 aromatic rings. The average Bonchev–Trinajstić information content (AvgIpc) is 2.68. The van der Waals surface area contributed by atoms with Crippen LogP contribution in [0.3, 0.4) is 0 Å². The SMILES string of the molecule is CCOC(=O)c1cc(OCC(=O)Nc2ccc(F)cc2)c2cc(Cl)ccc2n1. The Hall–Kier alpha value is -3.19. The second kappa shape index (κ2) is 8.67. The van der Waals surface area contributed by atoms with Gasteiger partial charge in [0.2, 0.25) is 0 Å². The Kier molecular flexibility index (Phi) is 6.06. The molecular formula is C20H16ClFN2O4. The van der Waals surface area contributed by atoms with Gasteiger partial charge in [-0.25, -0.2) is 14.2 Å². The standard InChI is InChI=1S/C20H16ClFN2O4/c1-2-27-20(26)17-10-18(15-9-12(21)3-8-16(15)24-17)28-11-19(25)23-14-6-4-13(22)5-7-14/h3-10H,2,11H2,1H3,(H,23,25). The number of hydrogen-bond donors (Lipinski definition) is 1. The van der Waals surface area contributed by atoms with Crippen LogP contribution >= 0.6 is 11.6 Å². The third-order valence-electron chi connectivity index (χ3n) is 3.70. The van der Waals surface area contributed by atoms with Gasteiger partial charge in [-0.3, -0.25) is 4.79 Å². The normalized spacial score (nSPS) is 10.5. The highest BCUT2D eigenvalue weighted by molar-refractivity contribution is 6.31. The minimum absolute atomic E-state index is 0.0608. The Morgan fingerprint density at radius 1 is 1.14 bits per heavy atom. The third kappa shape index (κ3) is 4.75. The second-order valence-electron chi connectivity index (χ2n) is 5.73. The van der Waals surface area contributed by atoms with Crippen LogP contribution in [0, 0.1) is 5.82 Å². The summed E-state index contributed by atoms with van der Waals surface area (Å²) in [6.45, 7) is 1.57. The molecule has 0 radical (unpaired) electrons. The molecule has 0 fully saturated rings. The maximum absolute atomic E-state index is 12.9. The predicted molar refractivity (Wildman–Crippen MR) is 103 cm³/mol. The molecule has 3 rings (SSSR count). The molecule has 1 N–H and O–H groups in total. The van der Waals surface area contributed by atoms with Crippen molar-refractivity contribution in [3.63, 3.8) is 0 Å². The van der Waals surface area contributed by atoms with Gasteiger partial charge < -0.3 is 14.8 Å². The molecule has 1 heterocycles. The Bertz CT molecular complexity index is 1020. The van der Waals surface area contributed by atoms with Crippen LogP contribution in [0.4, 0.5) is 10.1 Å². The zero-order valence-electron chi connectivity index (χ0n) is 14.9. The van der Waals surface area contributed by atoms with E-state index in [1.807, 2.05) is 0 Å². The smallest absolute Gasteiger partial charge is 0.357 e. The van der Waals surface area contributed by atoms with Crippen LogP contribution in [0.25, 0.3) is 10.9 Å². The van der Waals surface area contributed by atoms with Crippen LogP contribution in [0.5, 0.6) is 5.75 Å². The van der Waals surface area contributed by atoms with E-state index >= 15 is 0 Å². The van der Waals surface area contributed by atoms with Gasteiger partial charge in [0.25, 0.3) is 5.91 Å². The first-order valence-electron chi connectivity index (χ1n) is 8.42. The van der Waals surface area contributed by atoms with Crippen molar-refractivity contribution >= 4 is 40.1 Å². The topological polar surface area (TPSA) is 77.5 Å². The zero-order valence-corrected chi connectivity index (χ0v) is 15.6. The van der Waals surface area contributed by atoms with Gasteiger partial charge in [-0.15, -0.1) is 0 Å². The number of hydrogen-bond acceptors (Lipinski definition) is 5. The van der Waals surface area contributed by atoms with Crippen LogP contribution < -0.4 is 10.1 Å². The highest BCUT2D eigenvalue weighted by Crippen LogP contribution is 2.28. The Balaban J connectivity index is 1.81. The Morgan fingerprint density at radius 2 is 1.89 bits per heavy atom. The lowest BCUT2D eigenvalue weighted by atomic mass is 10.2. The number of rotatable bonds is 6. The third-order valence-corrected chi connectivity index (χ3v) is 3.94. The number of nitrogens with one attached hydrogen (secondary N) is 1. The van der Waals surface area contributed by atoms with E-state index in [0.29, 0.717) is 21.6 Å². The molecule has 0 saturated heterocycles. The number of benzene rings is 2. The number of pyridine rings is 1. The lowest BCUT2D eigenvalue weighted by Gasteiger charge is -2.12. The van der Waals surface area contributed by atoms with E-state index in [2.05, 4.69) is 10.3 Å². The summed E-state index contributed by atoms with van der Waals surface area (Å²) >= 11 is 6.04. The summed E-state index contributed by atoms with van der Waals surface area (Å²) in [5, 5.41) is 3.60. The molecule has 1 aromatic heterocycles. The van der Waals surface area contributed by atoms with Crippen molar-refractivity contribution in [3.05, 3.63) is 65.1 Å². The molecule has 1 amide bonds. The molecule has 28 heavy (non-hydrogen) atoms. The quantitative estimate of drug-likeness (QED) is 0.624. The van der Waals surface area contributed by atoms with Crippen molar-refractivity contribution in [1.29, 1.82) is 0 Å². The molecule has 0 bridgehead atoms. The maximum Gasteiger partial charge on any atom is 0.357 e. The Morgan fingerprint density at radius 3 is 2.61 bits per heavy atom. The van der Waals surface area contributed by atoms with Crippen molar-refractivity contribution in [2.45, 2.75) is 6.92 Å². The summed E-state index contributed by atoms with van der Waals surface area (Å²) in [5.41, 5.74) is 0.972. The fourth-order valence-corrected chi connectivity index (χ4v) is 2.64.